The number of rotatable bonds is 4. The third kappa shape index (κ3) is 3.14. The van der Waals surface area contributed by atoms with E-state index in [0.29, 0.717) is 11.7 Å². The quantitative estimate of drug-likeness (QED) is 0.685. The maximum Gasteiger partial charge on any atom is 0.165 e. The minimum absolute atomic E-state index is 0.335. The topological polar surface area (TPSA) is 41.6 Å². The number of thioether (sulfide) groups is 1. The number of H-pyrrole nitrogens is 1. The number of nitrogens with one attached hydrogen (secondary N) is 1. The van der Waals surface area contributed by atoms with E-state index in [4.69, 9.17) is 23.2 Å². The molecule has 0 radical (unpaired) electrons. The summed E-state index contributed by atoms with van der Waals surface area (Å²) in [7, 11) is 0. The van der Waals surface area contributed by atoms with Crippen LogP contribution in [0.3, 0.4) is 0 Å². The van der Waals surface area contributed by atoms with Gasteiger partial charge >= 0.3 is 0 Å². The fraction of sp³-hybridized carbons (Fsp3) is 0.200. The zero-order chi connectivity index (χ0) is 11.4. The van der Waals surface area contributed by atoms with Gasteiger partial charge in [-0.25, -0.2) is 4.98 Å². The molecule has 2 aromatic rings. The van der Waals surface area contributed by atoms with Gasteiger partial charge < -0.3 is 0 Å². The highest BCUT2D eigenvalue weighted by Gasteiger charge is 2.02. The maximum absolute atomic E-state index is 5.80. The standard InChI is InChI=1S/C10H9Cl2N3S/c11-5-9-13-10(15-14-9)6-16-8-3-1-7(12)2-4-8/h1-4H,5-6H2,(H,13,14,15). The molecule has 3 nitrogen and oxygen atoms in total. The molecule has 0 aliphatic heterocycles. The zero-order valence-electron chi connectivity index (χ0n) is 8.28. The van der Waals surface area contributed by atoms with E-state index in [0.717, 1.165) is 21.5 Å². The molecule has 1 N–H and O–H groups in total. The largest absolute Gasteiger partial charge is 0.262 e. The molecule has 2 rings (SSSR count). The Balaban J connectivity index is 1.94. The molecule has 0 saturated heterocycles. The van der Waals surface area contributed by atoms with E-state index in [1.54, 1.807) is 11.8 Å². The van der Waals surface area contributed by atoms with Gasteiger partial charge in [0.05, 0.1) is 11.6 Å². The molecule has 16 heavy (non-hydrogen) atoms. The van der Waals surface area contributed by atoms with Crippen LogP contribution in [0.25, 0.3) is 0 Å². The molecule has 0 aliphatic carbocycles. The van der Waals surface area contributed by atoms with Crippen molar-refractivity contribution in [3.05, 3.63) is 40.9 Å². The van der Waals surface area contributed by atoms with Crippen LogP contribution < -0.4 is 0 Å². The van der Waals surface area contributed by atoms with Gasteiger partial charge in [0, 0.05) is 9.92 Å². The average molecular weight is 274 g/mol. The lowest BCUT2D eigenvalue weighted by Gasteiger charge is -1.98. The molecule has 1 aromatic carbocycles. The van der Waals surface area contributed by atoms with E-state index >= 15 is 0 Å². The number of halogens is 2. The molecule has 0 amide bonds. The number of hydrogen-bond donors (Lipinski definition) is 1. The first kappa shape index (κ1) is 11.8. The summed E-state index contributed by atoms with van der Waals surface area (Å²) in [5.41, 5.74) is 0. The second-order valence-electron chi connectivity index (χ2n) is 3.07. The lowest BCUT2D eigenvalue weighted by molar-refractivity contribution is 1.00. The molecule has 0 spiro atoms. The Morgan fingerprint density at radius 2 is 2.00 bits per heavy atom. The van der Waals surface area contributed by atoms with E-state index in [-0.39, 0.29) is 0 Å². The molecule has 0 fully saturated rings. The summed E-state index contributed by atoms with van der Waals surface area (Å²) < 4.78 is 0. The predicted octanol–water partition coefficient (Wildman–Crippen LogP) is 3.49. The summed E-state index contributed by atoms with van der Waals surface area (Å²) in [6, 6.07) is 7.70. The second-order valence-corrected chi connectivity index (χ2v) is 4.83. The highest BCUT2D eigenvalue weighted by Crippen LogP contribution is 2.22. The van der Waals surface area contributed by atoms with Gasteiger partial charge in [0.25, 0.3) is 0 Å². The van der Waals surface area contributed by atoms with E-state index in [9.17, 15) is 0 Å². The van der Waals surface area contributed by atoms with Crippen LogP contribution in [0.5, 0.6) is 0 Å². The Labute approximate surface area is 108 Å². The molecule has 0 unspecified atom stereocenters. The van der Waals surface area contributed by atoms with Crippen LogP contribution in [0.2, 0.25) is 5.02 Å². The van der Waals surface area contributed by atoms with Crippen molar-refractivity contribution in [3.63, 3.8) is 0 Å². The molecule has 1 heterocycles. The Morgan fingerprint density at radius 1 is 1.25 bits per heavy atom. The number of alkyl halides is 1. The lowest BCUT2D eigenvalue weighted by Crippen LogP contribution is -1.84. The van der Waals surface area contributed by atoms with Gasteiger partial charge in [0.15, 0.2) is 5.82 Å². The number of aromatic nitrogens is 3. The average Bonchev–Trinajstić information content (AvgIpc) is 2.76. The fourth-order valence-electron chi connectivity index (χ4n) is 1.14. The molecule has 6 heteroatoms. The van der Waals surface area contributed by atoms with Gasteiger partial charge in [-0.05, 0) is 24.3 Å². The van der Waals surface area contributed by atoms with Gasteiger partial charge in [-0.3, -0.25) is 5.10 Å². The number of nitrogens with zero attached hydrogens (tertiary/aromatic N) is 2. The fourth-order valence-corrected chi connectivity index (χ4v) is 2.15. The van der Waals surface area contributed by atoms with Crippen molar-refractivity contribution in [1.82, 2.24) is 15.2 Å². The smallest absolute Gasteiger partial charge is 0.165 e. The van der Waals surface area contributed by atoms with Crippen molar-refractivity contribution in [3.8, 4) is 0 Å². The summed E-state index contributed by atoms with van der Waals surface area (Å²) in [5.74, 6) is 2.54. The van der Waals surface area contributed by atoms with Gasteiger partial charge in [0.2, 0.25) is 0 Å². The summed E-state index contributed by atoms with van der Waals surface area (Å²) in [6.07, 6.45) is 0. The highest BCUT2D eigenvalue weighted by atomic mass is 35.5. The van der Waals surface area contributed by atoms with Crippen LogP contribution in [0, 0.1) is 0 Å². The number of benzene rings is 1. The molecular weight excluding hydrogens is 265 g/mol. The zero-order valence-corrected chi connectivity index (χ0v) is 10.6. The van der Waals surface area contributed by atoms with E-state index in [2.05, 4.69) is 15.2 Å². The second kappa shape index (κ2) is 5.57. The molecular formula is C10H9Cl2N3S. The van der Waals surface area contributed by atoms with Gasteiger partial charge in [0.1, 0.15) is 5.82 Å². The van der Waals surface area contributed by atoms with Crippen LogP contribution in [-0.4, -0.2) is 15.2 Å². The monoisotopic (exact) mass is 273 g/mol. The predicted molar refractivity (Wildman–Crippen MR) is 67.0 cm³/mol. The van der Waals surface area contributed by atoms with E-state index in [1.807, 2.05) is 24.3 Å². The van der Waals surface area contributed by atoms with Crippen molar-refractivity contribution in [1.29, 1.82) is 0 Å². The van der Waals surface area contributed by atoms with Gasteiger partial charge in [-0.2, -0.15) is 5.10 Å². The molecule has 0 aliphatic rings. The van der Waals surface area contributed by atoms with Crippen LogP contribution >= 0.6 is 35.0 Å². The van der Waals surface area contributed by atoms with Crippen LogP contribution in [-0.2, 0) is 11.6 Å². The molecule has 84 valence electrons. The summed E-state index contributed by atoms with van der Waals surface area (Å²) in [6.45, 7) is 0. The van der Waals surface area contributed by atoms with Crippen LogP contribution in [0.15, 0.2) is 29.2 Å². The minimum atomic E-state index is 0.335. The molecule has 0 atom stereocenters. The SMILES string of the molecule is ClCc1n[nH]c(CSc2ccc(Cl)cc2)n1. The number of aromatic amines is 1. The third-order valence-electron chi connectivity index (χ3n) is 1.89. The van der Waals surface area contributed by atoms with Crippen molar-refractivity contribution in [2.45, 2.75) is 16.5 Å². The van der Waals surface area contributed by atoms with Gasteiger partial charge in [-0.15, -0.1) is 23.4 Å². The third-order valence-corrected chi connectivity index (χ3v) is 3.40. The van der Waals surface area contributed by atoms with Crippen LogP contribution in [0.1, 0.15) is 11.6 Å². The molecule has 0 saturated carbocycles. The van der Waals surface area contributed by atoms with Crippen molar-refractivity contribution >= 4 is 35.0 Å². The Bertz CT molecular complexity index is 455. The first-order valence-electron chi connectivity index (χ1n) is 4.62. The van der Waals surface area contributed by atoms with Gasteiger partial charge in [-0.1, -0.05) is 11.6 Å². The summed E-state index contributed by atoms with van der Waals surface area (Å²) >= 11 is 13.1. The van der Waals surface area contributed by atoms with Crippen molar-refractivity contribution < 1.29 is 0 Å². The van der Waals surface area contributed by atoms with E-state index < -0.39 is 0 Å². The maximum atomic E-state index is 5.80. The highest BCUT2D eigenvalue weighted by molar-refractivity contribution is 7.98. The summed E-state index contributed by atoms with van der Waals surface area (Å²) in [4.78, 5) is 5.36. The number of hydrogen-bond acceptors (Lipinski definition) is 3. The normalized spacial score (nSPS) is 10.6. The Hall–Kier alpha value is -0.710. The Kier molecular flexibility index (Phi) is 4.09. The first-order chi connectivity index (χ1) is 7.78. The minimum Gasteiger partial charge on any atom is -0.262 e. The van der Waals surface area contributed by atoms with Crippen molar-refractivity contribution in [2.24, 2.45) is 0 Å². The Morgan fingerprint density at radius 3 is 2.62 bits per heavy atom. The summed E-state index contributed by atoms with van der Waals surface area (Å²) in [5, 5.41) is 7.55. The van der Waals surface area contributed by atoms with Crippen molar-refractivity contribution in [2.75, 3.05) is 0 Å². The molecule has 1 aromatic heterocycles. The first-order valence-corrected chi connectivity index (χ1v) is 6.52. The van der Waals surface area contributed by atoms with E-state index in [1.165, 1.54) is 0 Å². The lowest BCUT2D eigenvalue weighted by atomic mass is 10.4. The van der Waals surface area contributed by atoms with Crippen LogP contribution in [0.4, 0.5) is 0 Å². The molecule has 0 bridgehead atoms.